The minimum absolute atomic E-state index is 0.187. The van der Waals surface area contributed by atoms with Crippen LogP contribution in [-0.4, -0.2) is 19.5 Å². The van der Waals surface area contributed by atoms with Crippen LogP contribution in [0.5, 0.6) is 0 Å². The van der Waals surface area contributed by atoms with Crippen molar-refractivity contribution in [3.8, 4) is 0 Å². The van der Waals surface area contributed by atoms with Crippen LogP contribution in [0, 0.1) is 0 Å². The predicted octanol–water partition coefficient (Wildman–Crippen LogP) is 4.01. The van der Waals surface area contributed by atoms with Crippen LogP contribution in [0.2, 0.25) is 0 Å². The molecule has 1 amide bonds. The molecule has 0 aliphatic carbocycles. The molecule has 1 heterocycles. The van der Waals surface area contributed by atoms with Crippen molar-refractivity contribution in [3.05, 3.63) is 119 Å². The summed E-state index contributed by atoms with van der Waals surface area (Å²) in [6.45, 7) is 0.554. The lowest BCUT2D eigenvalue weighted by Crippen LogP contribution is -2.36. The average Bonchev–Trinajstić information content (AvgIpc) is 3.01. The summed E-state index contributed by atoms with van der Waals surface area (Å²) in [6.07, 6.45) is 0. The fourth-order valence-electron chi connectivity index (χ4n) is 3.79. The van der Waals surface area contributed by atoms with Gasteiger partial charge in [-0.05, 0) is 29.8 Å². The van der Waals surface area contributed by atoms with E-state index in [4.69, 9.17) is 4.99 Å². The van der Waals surface area contributed by atoms with E-state index < -0.39 is 0 Å². The van der Waals surface area contributed by atoms with Crippen molar-refractivity contribution < 1.29 is 4.79 Å². The van der Waals surface area contributed by atoms with Crippen molar-refractivity contribution in [1.82, 2.24) is 10.9 Å². The Kier molecular flexibility index (Phi) is 6.11. The molecule has 0 saturated carbocycles. The molecular formula is C27H22BN3OS. The zero-order chi connectivity index (χ0) is 22.6. The number of hydrogen-bond donors (Lipinski definition) is 2. The lowest BCUT2D eigenvalue weighted by molar-refractivity contribution is 0.0932. The highest BCUT2D eigenvalue weighted by Crippen LogP contribution is 2.41. The molecule has 0 bridgehead atoms. The number of nitrogens with one attached hydrogen (secondary N) is 2. The second kappa shape index (κ2) is 9.49. The van der Waals surface area contributed by atoms with Gasteiger partial charge in [0.25, 0.3) is 5.91 Å². The van der Waals surface area contributed by atoms with Gasteiger partial charge in [0.05, 0.1) is 11.4 Å². The summed E-state index contributed by atoms with van der Waals surface area (Å²) >= 11 is 1.68. The smallest absolute Gasteiger partial charge is 0.265 e. The number of hydrogen-bond acceptors (Lipinski definition) is 4. The maximum Gasteiger partial charge on any atom is 0.265 e. The molecule has 1 aliphatic rings. The molecule has 0 fully saturated rings. The number of aliphatic imine (C=N–C) groups is 1. The van der Waals surface area contributed by atoms with Gasteiger partial charge in [0.1, 0.15) is 7.85 Å². The number of rotatable bonds is 5. The van der Waals surface area contributed by atoms with Crippen LogP contribution in [0.25, 0.3) is 0 Å². The van der Waals surface area contributed by atoms with Gasteiger partial charge in [-0.1, -0.05) is 90.0 Å². The van der Waals surface area contributed by atoms with E-state index in [1.165, 1.54) is 5.46 Å². The summed E-state index contributed by atoms with van der Waals surface area (Å²) < 4.78 is 0. The van der Waals surface area contributed by atoms with Gasteiger partial charge in [0.2, 0.25) is 0 Å². The third-order valence-corrected chi connectivity index (χ3v) is 6.59. The van der Waals surface area contributed by atoms with E-state index >= 15 is 0 Å². The third-order valence-electron chi connectivity index (χ3n) is 5.44. The number of fused-ring (bicyclic) bond motifs is 2. The number of amides is 1. The van der Waals surface area contributed by atoms with Crippen LogP contribution in [0.15, 0.2) is 112 Å². The Morgan fingerprint density at radius 3 is 2.52 bits per heavy atom. The molecule has 6 heteroatoms. The first-order valence-corrected chi connectivity index (χ1v) is 11.6. The van der Waals surface area contributed by atoms with E-state index in [-0.39, 0.29) is 5.91 Å². The molecule has 0 unspecified atom stereocenters. The second-order valence-electron chi connectivity index (χ2n) is 7.90. The van der Waals surface area contributed by atoms with Crippen LogP contribution >= 0.6 is 11.8 Å². The largest absolute Gasteiger partial charge is 0.287 e. The third kappa shape index (κ3) is 4.77. The fourth-order valence-corrected chi connectivity index (χ4v) is 4.79. The lowest BCUT2D eigenvalue weighted by Gasteiger charge is -2.10. The average molecular weight is 447 g/mol. The summed E-state index contributed by atoms with van der Waals surface area (Å²) in [5.74, 6) is -0.187. The minimum atomic E-state index is -0.187. The van der Waals surface area contributed by atoms with Crippen LogP contribution in [0.1, 0.15) is 27.0 Å². The molecule has 0 saturated heterocycles. The first-order chi connectivity index (χ1) is 16.2. The fraction of sp³-hybridized carbons (Fsp3) is 0.0370. The zero-order valence-electron chi connectivity index (χ0n) is 18.2. The summed E-state index contributed by atoms with van der Waals surface area (Å²) in [7, 11) is 2.08. The Balaban J connectivity index is 1.46. The molecule has 1 aliphatic heterocycles. The molecule has 2 N–H and O–H groups in total. The maximum absolute atomic E-state index is 12.8. The first-order valence-electron chi connectivity index (χ1n) is 10.8. The molecule has 0 aromatic heterocycles. The van der Waals surface area contributed by atoms with Gasteiger partial charge >= 0.3 is 0 Å². The van der Waals surface area contributed by atoms with E-state index in [0.717, 1.165) is 37.9 Å². The van der Waals surface area contributed by atoms with Gasteiger partial charge in [0.15, 0.2) is 0 Å². The minimum Gasteiger partial charge on any atom is -0.287 e. The number of carbonyl (C=O) groups excluding carboxylic acids is 1. The summed E-state index contributed by atoms with van der Waals surface area (Å²) in [4.78, 5) is 20.0. The van der Waals surface area contributed by atoms with E-state index in [9.17, 15) is 4.79 Å². The molecule has 0 radical (unpaired) electrons. The molecule has 4 aromatic carbocycles. The van der Waals surface area contributed by atoms with E-state index in [1.807, 2.05) is 60.7 Å². The highest BCUT2D eigenvalue weighted by Gasteiger charge is 2.20. The van der Waals surface area contributed by atoms with Crippen molar-refractivity contribution in [3.63, 3.8) is 0 Å². The Labute approximate surface area is 198 Å². The monoisotopic (exact) mass is 447 g/mol. The maximum atomic E-state index is 12.8. The van der Waals surface area contributed by atoms with Crippen molar-refractivity contribution in [2.45, 2.75) is 16.3 Å². The van der Waals surface area contributed by atoms with Crippen LogP contribution in [0.4, 0.5) is 5.69 Å². The van der Waals surface area contributed by atoms with Crippen LogP contribution < -0.4 is 16.3 Å². The molecule has 160 valence electrons. The molecule has 0 spiro atoms. The Morgan fingerprint density at radius 2 is 1.67 bits per heavy atom. The molecule has 33 heavy (non-hydrogen) atoms. The molecule has 4 aromatic rings. The Bertz CT molecular complexity index is 1350. The van der Waals surface area contributed by atoms with E-state index in [2.05, 4.69) is 55.1 Å². The van der Waals surface area contributed by atoms with Crippen LogP contribution in [-0.2, 0) is 6.54 Å². The molecule has 4 nitrogen and oxygen atoms in total. The zero-order valence-corrected chi connectivity index (χ0v) is 19.0. The molecule has 0 atom stereocenters. The van der Waals surface area contributed by atoms with Crippen molar-refractivity contribution in [1.29, 1.82) is 0 Å². The quantitative estimate of drug-likeness (QED) is 0.316. The highest BCUT2D eigenvalue weighted by atomic mass is 32.2. The summed E-state index contributed by atoms with van der Waals surface area (Å²) in [6, 6.07) is 32.3. The molecule has 5 rings (SSSR count). The van der Waals surface area contributed by atoms with Gasteiger partial charge in [-0.2, -0.15) is 0 Å². The summed E-state index contributed by atoms with van der Waals surface area (Å²) in [5, 5.41) is 0. The van der Waals surface area contributed by atoms with Gasteiger partial charge in [-0.25, -0.2) is 10.4 Å². The van der Waals surface area contributed by atoms with Crippen molar-refractivity contribution in [2.75, 3.05) is 0 Å². The van der Waals surface area contributed by atoms with E-state index in [1.54, 1.807) is 11.8 Å². The van der Waals surface area contributed by atoms with Gasteiger partial charge in [-0.3, -0.25) is 10.2 Å². The Morgan fingerprint density at radius 1 is 0.848 bits per heavy atom. The standard InChI is InChI=1S/C27H22BN3OS/c28-21-10-6-9-19(15-21)26-22-11-4-5-12-24(22)33-25-14-13-20(16-23(25)30-26)27(32)31-29-17-18-7-2-1-3-8-18/h1-16,29H,17,28H2,(H,31,32). The SMILES string of the molecule is Bc1cccc(C2=Nc3cc(C(=O)NNCc4ccccc4)ccc3Sc3ccccc32)c1. The lowest BCUT2D eigenvalue weighted by atomic mass is 9.91. The number of benzene rings is 4. The van der Waals surface area contributed by atoms with Gasteiger partial charge in [-0.15, -0.1) is 0 Å². The van der Waals surface area contributed by atoms with Gasteiger partial charge < -0.3 is 0 Å². The van der Waals surface area contributed by atoms with Crippen molar-refractivity contribution >= 4 is 42.4 Å². The van der Waals surface area contributed by atoms with Crippen LogP contribution in [0.3, 0.4) is 0 Å². The van der Waals surface area contributed by atoms with Crippen molar-refractivity contribution in [2.24, 2.45) is 4.99 Å². The predicted molar refractivity (Wildman–Crippen MR) is 138 cm³/mol. The number of nitrogens with zero attached hydrogens (tertiary/aromatic N) is 1. The second-order valence-corrected chi connectivity index (χ2v) is 8.99. The summed E-state index contributed by atoms with van der Waals surface area (Å²) in [5.41, 5.74) is 12.5. The highest BCUT2D eigenvalue weighted by molar-refractivity contribution is 7.99. The van der Waals surface area contributed by atoms with Gasteiger partial charge in [0, 0.05) is 33.0 Å². The van der Waals surface area contributed by atoms with E-state index in [0.29, 0.717) is 12.1 Å². The number of hydrazine groups is 1. The molecular weight excluding hydrogens is 425 g/mol. The Hall–Kier alpha value is -3.61. The first kappa shape index (κ1) is 21.3. The normalized spacial score (nSPS) is 12.2. The number of carbonyl (C=O) groups is 1. The topological polar surface area (TPSA) is 53.5 Å².